The third kappa shape index (κ3) is 2.94. The van der Waals surface area contributed by atoms with Gasteiger partial charge in [0.1, 0.15) is 5.65 Å². The molecule has 2 amide bonds. The van der Waals surface area contributed by atoms with Crippen molar-refractivity contribution in [1.29, 1.82) is 0 Å². The zero-order valence-electron chi connectivity index (χ0n) is 13.2. The van der Waals surface area contributed by atoms with E-state index in [-0.39, 0.29) is 18.2 Å². The van der Waals surface area contributed by atoms with Crippen LogP contribution >= 0.6 is 0 Å². The van der Waals surface area contributed by atoms with Gasteiger partial charge in [-0.1, -0.05) is 24.3 Å². The van der Waals surface area contributed by atoms with Crippen LogP contribution in [-0.4, -0.2) is 26.2 Å². The van der Waals surface area contributed by atoms with E-state index < -0.39 is 0 Å². The maximum atomic E-state index is 12.3. The molecule has 0 spiro atoms. The summed E-state index contributed by atoms with van der Waals surface area (Å²) in [6, 6.07) is 13.1. The van der Waals surface area contributed by atoms with Gasteiger partial charge in [-0.2, -0.15) is 0 Å². The van der Waals surface area contributed by atoms with Gasteiger partial charge in [0.15, 0.2) is 0 Å². The van der Waals surface area contributed by atoms with Crippen LogP contribution in [0.4, 0.5) is 0 Å². The van der Waals surface area contributed by atoms with Crippen LogP contribution in [0.25, 0.3) is 16.6 Å². The molecule has 0 unspecified atom stereocenters. The first-order valence-corrected chi connectivity index (χ1v) is 7.78. The number of H-pyrrole nitrogens is 1. The quantitative estimate of drug-likeness (QED) is 0.499. The van der Waals surface area contributed by atoms with Crippen LogP contribution in [0.2, 0.25) is 0 Å². The molecule has 7 nitrogen and oxygen atoms in total. The number of benzene rings is 1. The number of hydrogen-bond donors (Lipinski definition) is 3. The number of fused-ring (bicyclic) bond motifs is 2. The summed E-state index contributed by atoms with van der Waals surface area (Å²) in [7, 11) is 0. The minimum absolute atomic E-state index is 0.0792. The number of nitrogens with one attached hydrogen (secondary N) is 3. The average molecular weight is 333 g/mol. The van der Waals surface area contributed by atoms with Gasteiger partial charge in [0.25, 0.3) is 5.91 Å². The Bertz CT molecular complexity index is 1050. The van der Waals surface area contributed by atoms with Crippen molar-refractivity contribution in [3.8, 4) is 0 Å². The largest absolute Gasteiger partial charge is 0.360 e. The third-order valence-electron chi connectivity index (χ3n) is 3.90. The standard InChI is InChI=1S/C18H15N5O2/c24-17(9-12-11-23-8-4-3-7-16(23)20-12)21-22-18(25)14-10-19-15-6-2-1-5-13(14)15/h1-8,10-11,19H,9H2,(H,21,24)(H,22,25). The lowest BCUT2D eigenvalue weighted by Crippen LogP contribution is -2.42. The maximum Gasteiger partial charge on any atom is 0.271 e. The van der Waals surface area contributed by atoms with Crippen LogP contribution in [0.15, 0.2) is 61.1 Å². The number of pyridine rings is 1. The van der Waals surface area contributed by atoms with E-state index in [0.29, 0.717) is 11.3 Å². The van der Waals surface area contributed by atoms with Crippen molar-refractivity contribution in [2.45, 2.75) is 6.42 Å². The van der Waals surface area contributed by atoms with Crippen molar-refractivity contribution in [3.05, 3.63) is 72.3 Å². The van der Waals surface area contributed by atoms with Crippen LogP contribution in [0.3, 0.4) is 0 Å². The molecule has 0 radical (unpaired) electrons. The van der Waals surface area contributed by atoms with E-state index in [1.54, 1.807) is 12.4 Å². The Balaban J connectivity index is 1.40. The van der Waals surface area contributed by atoms with Crippen molar-refractivity contribution >= 4 is 28.4 Å². The molecule has 0 fully saturated rings. The van der Waals surface area contributed by atoms with Gasteiger partial charge in [0.2, 0.25) is 5.91 Å². The Labute approximate surface area is 142 Å². The summed E-state index contributed by atoms with van der Waals surface area (Å²) >= 11 is 0. The van der Waals surface area contributed by atoms with Gasteiger partial charge in [-0.15, -0.1) is 0 Å². The highest BCUT2D eigenvalue weighted by atomic mass is 16.2. The predicted octanol–water partition coefficient (Wildman–Crippen LogP) is 1.82. The fourth-order valence-corrected chi connectivity index (χ4v) is 2.73. The molecule has 1 aromatic carbocycles. The molecule has 4 rings (SSSR count). The molecule has 3 aromatic heterocycles. The average Bonchev–Trinajstić information content (AvgIpc) is 3.23. The topological polar surface area (TPSA) is 91.3 Å². The number of imidazole rings is 1. The second-order valence-electron chi connectivity index (χ2n) is 5.63. The fraction of sp³-hybridized carbons (Fsp3) is 0.0556. The molecule has 0 atom stereocenters. The number of rotatable bonds is 3. The normalized spacial score (nSPS) is 10.9. The molecule has 25 heavy (non-hydrogen) atoms. The van der Waals surface area contributed by atoms with Gasteiger partial charge in [-0.25, -0.2) is 4.98 Å². The number of amides is 2. The number of para-hydroxylation sites is 1. The Hall–Kier alpha value is -3.61. The van der Waals surface area contributed by atoms with Crippen molar-refractivity contribution in [2.24, 2.45) is 0 Å². The van der Waals surface area contributed by atoms with Gasteiger partial charge < -0.3 is 9.38 Å². The molecule has 0 saturated heterocycles. The van der Waals surface area contributed by atoms with Gasteiger partial charge in [0, 0.05) is 29.5 Å². The molecule has 3 heterocycles. The van der Waals surface area contributed by atoms with Crippen molar-refractivity contribution < 1.29 is 9.59 Å². The smallest absolute Gasteiger partial charge is 0.271 e. The second-order valence-corrected chi connectivity index (χ2v) is 5.63. The first kappa shape index (κ1) is 14.9. The number of aromatic amines is 1. The molecule has 7 heteroatoms. The monoisotopic (exact) mass is 333 g/mol. The molecular formula is C18H15N5O2. The number of carbonyl (C=O) groups excluding carboxylic acids is 2. The molecule has 0 aliphatic rings. The fourth-order valence-electron chi connectivity index (χ4n) is 2.73. The molecule has 4 aromatic rings. The summed E-state index contributed by atoms with van der Waals surface area (Å²) in [5.74, 6) is -0.711. The van der Waals surface area contributed by atoms with Crippen LogP contribution in [0.1, 0.15) is 16.1 Å². The summed E-state index contributed by atoms with van der Waals surface area (Å²) in [4.78, 5) is 31.7. The highest BCUT2D eigenvalue weighted by Crippen LogP contribution is 2.17. The van der Waals surface area contributed by atoms with E-state index in [9.17, 15) is 9.59 Å². The first-order chi connectivity index (χ1) is 12.2. The molecule has 0 aliphatic carbocycles. The summed E-state index contributed by atoms with van der Waals surface area (Å²) in [6.45, 7) is 0. The van der Waals surface area contributed by atoms with Crippen molar-refractivity contribution in [1.82, 2.24) is 25.2 Å². The van der Waals surface area contributed by atoms with Gasteiger partial charge in [0.05, 0.1) is 17.7 Å². The summed E-state index contributed by atoms with van der Waals surface area (Å²) in [5.41, 5.74) is 7.61. The lowest BCUT2D eigenvalue weighted by Gasteiger charge is -2.05. The third-order valence-corrected chi connectivity index (χ3v) is 3.90. The van der Waals surface area contributed by atoms with Gasteiger partial charge >= 0.3 is 0 Å². The number of nitrogens with zero attached hydrogens (tertiary/aromatic N) is 2. The van der Waals surface area contributed by atoms with Crippen molar-refractivity contribution in [3.63, 3.8) is 0 Å². The van der Waals surface area contributed by atoms with Crippen LogP contribution < -0.4 is 10.9 Å². The van der Waals surface area contributed by atoms with E-state index in [1.165, 1.54) is 0 Å². The Morgan fingerprint density at radius 1 is 1.08 bits per heavy atom. The molecule has 3 N–H and O–H groups in total. The molecule has 0 aliphatic heterocycles. The summed E-state index contributed by atoms with van der Waals surface area (Å²) < 4.78 is 1.84. The zero-order chi connectivity index (χ0) is 17.2. The van der Waals surface area contributed by atoms with E-state index in [1.807, 2.05) is 53.1 Å². The van der Waals surface area contributed by atoms with Crippen LogP contribution in [0.5, 0.6) is 0 Å². The predicted molar refractivity (Wildman–Crippen MR) is 92.8 cm³/mol. The molecular weight excluding hydrogens is 318 g/mol. The maximum absolute atomic E-state index is 12.3. The highest BCUT2D eigenvalue weighted by molar-refractivity contribution is 6.07. The number of aromatic nitrogens is 3. The molecule has 124 valence electrons. The van der Waals surface area contributed by atoms with Crippen molar-refractivity contribution in [2.75, 3.05) is 0 Å². The minimum atomic E-state index is -0.374. The van der Waals surface area contributed by atoms with Gasteiger partial charge in [-0.3, -0.25) is 20.4 Å². The number of hydrogen-bond acceptors (Lipinski definition) is 3. The molecule has 0 saturated carbocycles. The Morgan fingerprint density at radius 3 is 2.80 bits per heavy atom. The zero-order valence-corrected chi connectivity index (χ0v) is 13.2. The Morgan fingerprint density at radius 2 is 1.92 bits per heavy atom. The van der Waals surface area contributed by atoms with Crippen LogP contribution in [0, 0.1) is 0 Å². The van der Waals surface area contributed by atoms with E-state index >= 15 is 0 Å². The summed E-state index contributed by atoms with van der Waals surface area (Å²) in [6.07, 6.45) is 5.35. The van der Waals surface area contributed by atoms with Gasteiger partial charge in [-0.05, 0) is 18.2 Å². The minimum Gasteiger partial charge on any atom is -0.360 e. The SMILES string of the molecule is O=C(Cc1cn2ccccc2n1)NNC(=O)c1c[nH]c2ccccc12. The number of hydrazine groups is 1. The molecule has 0 bridgehead atoms. The Kier molecular flexibility index (Phi) is 3.66. The van der Waals surface area contributed by atoms with E-state index in [4.69, 9.17) is 0 Å². The lowest BCUT2D eigenvalue weighted by molar-refractivity contribution is -0.121. The van der Waals surface area contributed by atoms with Crippen LogP contribution in [-0.2, 0) is 11.2 Å². The van der Waals surface area contributed by atoms with E-state index in [0.717, 1.165) is 16.6 Å². The second kappa shape index (κ2) is 6.12. The first-order valence-electron chi connectivity index (χ1n) is 7.78. The summed E-state index contributed by atoms with van der Waals surface area (Å²) in [5, 5.41) is 0.801. The highest BCUT2D eigenvalue weighted by Gasteiger charge is 2.13. The number of carbonyl (C=O) groups is 2. The lowest BCUT2D eigenvalue weighted by atomic mass is 10.2. The van der Waals surface area contributed by atoms with E-state index in [2.05, 4.69) is 20.8 Å².